The third-order valence-electron chi connectivity index (χ3n) is 3.68. The van der Waals surface area contributed by atoms with E-state index >= 15 is 0 Å². The van der Waals surface area contributed by atoms with Crippen LogP contribution in [0.1, 0.15) is 43.6 Å². The minimum atomic E-state index is -0.102. The molecule has 1 aliphatic rings. The fourth-order valence-electron chi connectivity index (χ4n) is 2.94. The number of nitrogens with two attached hydrogens (primary N) is 1. The van der Waals surface area contributed by atoms with Crippen LogP contribution in [0.2, 0.25) is 0 Å². The van der Waals surface area contributed by atoms with E-state index in [1.165, 1.54) is 6.42 Å². The van der Waals surface area contributed by atoms with E-state index < -0.39 is 0 Å². The van der Waals surface area contributed by atoms with Gasteiger partial charge in [0.15, 0.2) is 0 Å². The molecule has 104 valence electrons. The Kier molecular flexibility index (Phi) is 4.37. The molecule has 0 radical (unpaired) electrons. The molecule has 1 saturated carbocycles. The largest absolute Gasteiger partial charge is 0.348 e. The maximum atomic E-state index is 12.1. The van der Waals surface area contributed by atoms with Crippen LogP contribution in [0, 0.1) is 11.8 Å². The number of rotatable bonds is 3. The normalized spacial score (nSPS) is 26.8. The molecule has 2 rings (SSSR count). The highest BCUT2D eigenvalue weighted by molar-refractivity contribution is 5.92. The van der Waals surface area contributed by atoms with Crippen molar-refractivity contribution in [3.8, 4) is 0 Å². The first-order chi connectivity index (χ1) is 9.08. The van der Waals surface area contributed by atoms with Crippen LogP contribution in [-0.2, 0) is 0 Å². The molecule has 1 aliphatic carbocycles. The Hall–Kier alpha value is -1.62. The number of nitrogen functional groups attached to an aromatic ring is 1. The molecule has 0 bridgehead atoms. The summed E-state index contributed by atoms with van der Waals surface area (Å²) in [4.78, 5) is 16.2. The maximum absolute atomic E-state index is 12.1. The average molecular weight is 262 g/mol. The molecule has 2 unspecified atom stereocenters. The Morgan fingerprint density at radius 3 is 2.47 bits per heavy atom. The second-order valence-corrected chi connectivity index (χ2v) is 5.66. The van der Waals surface area contributed by atoms with E-state index in [0.29, 0.717) is 23.2 Å². The van der Waals surface area contributed by atoms with Crippen LogP contribution >= 0.6 is 0 Å². The summed E-state index contributed by atoms with van der Waals surface area (Å²) in [6, 6.07) is 3.69. The minimum Gasteiger partial charge on any atom is -0.348 e. The van der Waals surface area contributed by atoms with E-state index in [2.05, 4.69) is 29.6 Å². The molecule has 0 aromatic carbocycles. The maximum Gasteiger partial charge on any atom is 0.270 e. The van der Waals surface area contributed by atoms with E-state index in [0.717, 1.165) is 12.8 Å². The van der Waals surface area contributed by atoms with Gasteiger partial charge in [0.25, 0.3) is 5.91 Å². The van der Waals surface area contributed by atoms with Gasteiger partial charge in [0, 0.05) is 6.04 Å². The third-order valence-corrected chi connectivity index (χ3v) is 3.68. The number of carbonyl (C=O) groups excluding carboxylic acids is 1. The predicted molar refractivity (Wildman–Crippen MR) is 75.5 cm³/mol. The molecule has 5 heteroatoms. The quantitative estimate of drug-likeness (QED) is 0.574. The average Bonchev–Trinajstić information content (AvgIpc) is 2.37. The minimum absolute atomic E-state index is 0.102. The molecule has 2 atom stereocenters. The summed E-state index contributed by atoms with van der Waals surface area (Å²) in [5.74, 6) is 6.51. The van der Waals surface area contributed by atoms with E-state index in [-0.39, 0.29) is 11.9 Å². The van der Waals surface area contributed by atoms with Crippen LogP contribution in [0.4, 0.5) is 5.69 Å². The molecule has 1 heterocycles. The lowest BCUT2D eigenvalue weighted by Crippen LogP contribution is -2.40. The molecular weight excluding hydrogens is 240 g/mol. The Morgan fingerprint density at radius 2 is 1.95 bits per heavy atom. The summed E-state index contributed by atoms with van der Waals surface area (Å²) in [6.07, 6.45) is 4.92. The third kappa shape index (κ3) is 3.67. The van der Waals surface area contributed by atoms with Gasteiger partial charge in [0.1, 0.15) is 5.69 Å². The van der Waals surface area contributed by atoms with Gasteiger partial charge in [-0.3, -0.25) is 10.6 Å². The van der Waals surface area contributed by atoms with Crippen LogP contribution in [0.5, 0.6) is 0 Å². The standard InChI is InChI=1S/C14H22N4O/c1-9-5-10(2)7-12(6-9)17-14(19)13-4-3-11(18-15)8-16-13/h3-4,8-10,12,18H,5-7,15H2,1-2H3,(H,17,19). The lowest BCUT2D eigenvalue weighted by Gasteiger charge is -2.31. The molecular formula is C14H22N4O. The first-order valence-corrected chi connectivity index (χ1v) is 6.82. The smallest absolute Gasteiger partial charge is 0.270 e. The Balaban J connectivity index is 1.96. The molecule has 19 heavy (non-hydrogen) atoms. The van der Waals surface area contributed by atoms with Crippen LogP contribution in [0.15, 0.2) is 18.3 Å². The number of carbonyl (C=O) groups is 1. The molecule has 1 fully saturated rings. The van der Waals surface area contributed by atoms with E-state index in [1.807, 2.05) is 0 Å². The Labute approximate surface area is 114 Å². The van der Waals surface area contributed by atoms with Crippen molar-refractivity contribution in [3.63, 3.8) is 0 Å². The van der Waals surface area contributed by atoms with Crippen LogP contribution in [0.3, 0.4) is 0 Å². The van der Waals surface area contributed by atoms with Crippen molar-refractivity contribution in [2.45, 2.75) is 39.2 Å². The van der Waals surface area contributed by atoms with Crippen LogP contribution in [0.25, 0.3) is 0 Å². The highest BCUT2D eigenvalue weighted by Gasteiger charge is 2.25. The zero-order valence-corrected chi connectivity index (χ0v) is 11.5. The summed E-state index contributed by atoms with van der Waals surface area (Å²) in [5.41, 5.74) is 3.62. The fraction of sp³-hybridized carbons (Fsp3) is 0.571. The van der Waals surface area contributed by atoms with Crippen molar-refractivity contribution >= 4 is 11.6 Å². The first kappa shape index (κ1) is 13.8. The summed E-state index contributed by atoms with van der Waals surface area (Å²) in [5, 5.41) is 3.08. The van der Waals surface area contributed by atoms with Crippen molar-refractivity contribution in [1.82, 2.24) is 10.3 Å². The summed E-state index contributed by atoms with van der Waals surface area (Å²) < 4.78 is 0. The van der Waals surface area contributed by atoms with Crippen molar-refractivity contribution in [2.24, 2.45) is 17.7 Å². The second-order valence-electron chi connectivity index (χ2n) is 5.66. The number of nitrogens with zero attached hydrogens (tertiary/aromatic N) is 1. The number of amides is 1. The summed E-state index contributed by atoms with van der Waals surface area (Å²) in [7, 11) is 0. The molecule has 1 aromatic heterocycles. The van der Waals surface area contributed by atoms with E-state index in [4.69, 9.17) is 5.84 Å². The topological polar surface area (TPSA) is 80.0 Å². The number of nitrogens with one attached hydrogen (secondary N) is 2. The van der Waals surface area contributed by atoms with Gasteiger partial charge in [-0.25, -0.2) is 4.98 Å². The van der Waals surface area contributed by atoms with Gasteiger partial charge in [-0.1, -0.05) is 13.8 Å². The van der Waals surface area contributed by atoms with Gasteiger partial charge >= 0.3 is 0 Å². The van der Waals surface area contributed by atoms with E-state index in [9.17, 15) is 4.79 Å². The number of hydrogen-bond donors (Lipinski definition) is 3. The van der Waals surface area contributed by atoms with Gasteiger partial charge in [-0.05, 0) is 43.2 Å². The first-order valence-electron chi connectivity index (χ1n) is 6.82. The van der Waals surface area contributed by atoms with Crippen molar-refractivity contribution in [1.29, 1.82) is 0 Å². The predicted octanol–water partition coefficient (Wildman–Crippen LogP) is 1.92. The SMILES string of the molecule is CC1CC(C)CC(NC(=O)c2ccc(NN)cn2)C1. The monoisotopic (exact) mass is 262 g/mol. The highest BCUT2D eigenvalue weighted by atomic mass is 16.1. The lowest BCUT2D eigenvalue weighted by molar-refractivity contribution is 0.0906. The van der Waals surface area contributed by atoms with Gasteiger partial charge < -0.3 is 10.7 Å². The molecule has 1 aromatic rings. The van der Waals surface area contributed by atoms with Crippen molar-refractivity contribution in [3.05, 3.63) is 24.0 Å². The van der Waals surface area contributed by atoms with Crippen molar-refractivity contribution in [2.75, 3.05) is 5.43 Å². The molecule has 0 aliphatic heterocycles. The fourth-order valence-corrected chi connectivity index (χ4v) is 2.94. The number of aromatic nitrogens is 1. The zero-order valence-electron chi connectivity index (χ0n) is 11.5. The molecule has 4 N–H and O–H groups in total. The second kappa shape index (κ2) is 6.02. The zero-order chi connectivity index (χ0) is 13.8. The number of anilines is 1. The number of pyridine rings is 1. The number of hydrogen-bond acceptors (Lipinski definition) is 4. The van der Waals surface area contributed by atoms with Gasteiger partial charge in [-0.2, -0.15) is 0 Å². The van der Waals surface area contributed by atoms with Gasteiger partial charge in [-0.15, -0.1) is 0 Å². The molecule has 0 saturated heterocycles. The lowest BCUT2D eigenvalue weighted by atomic mass is 9.80. The van der Waals surface area contributed by atoms with Crippen LogP contribution < -0.4 is 16.6 Å². The molecule has 5 nitrogen and oxygen atoms in total. The summed E-state index contributed by atoms with van der Waals surface area (Å²) >= 11 is 0. The molecule has 1 amide bonds. The summed E-state index contributed by atoms with van der Waals surface area (Å²) in [6.45, 7) is 4.49. The van der Waals surface area contributed by atoms with Crippen molar-refractivity contribution < 1.29 is 4.79 Å². The number of hydrazine groups is 1. The van der Waals surface area contributed by atoms with E-state index in [1.54, 1.807) is 18.3 Å². The Morgan fingerprint density at radius 1 is 1.26 bits per heavy atom. The highest BCUT2D eigenvalue weighted by Crippen LogP contribution is 2.28. The van der Waals surface area contributed by atoms with Crippen LogP contribution in [-0.4, -0.2) is 16.9 Å². The molecule has 0 spiro atoms. The van der Waals surface area contributed by atoms with Gasteiger partial charge in [0.05, 0.1) is 11.9 Å². The Bertz CT molecular complexity index is 422. The van der Waals surface area contributed by atoms with Gasteiger partial charge in [0.2, 0.25) is 0 Å².